The average Bonchev–Trinajstić information content (AvgIpc) is 2.59. The molecule has 0 spiro atoms. The maximum absolute atomic E-state index is 13.1. The van der Waals surface area contributed by atoms with Crippen LogP contribution in [-0.4, -0.2) is 16.1 Å². The maximum Gasteiger partial charge on any atom is 0.417 e. The second kappa shape index (κ2) is 7.10. The number of pyridine rings is 2. The number of aryl methyl sites for hydroxylation is 1. The Bertz CT molecular complexity index is 972. The lowest BCUT2D eigenvalue weighted by Gasteiger charge is -2.25. The fourth-order valence-corrected chi connectivity index (χ4v) is 3.25. The van der Waals surface area contributed by atoms with Crippen molar-refractivity contribution in [3.05, 3.63) is 57.6 Å². The number of hydrogen-bond acceptors (Lipinski definition) is 2. The summed E-state index contributed by atoms with van der Waals surface area (Å²) in [5, 5.41) is 0. The molecule has 1 aliphatic rings. The third kappa shape index (κ3) is 4.28. The highest BCUT2D eigenvalue weighted by Gasteiger charge is 2.40. The minimum Gasteiger partial charge on any atom is -0.358 e. The number of halogens is 6. The molecule has 0 radical (unpaired) electrons. The predicted molar refractivity (Wildman–Crippen MR) is 91.4 cm³/mol. The van der Waals surface area contributed by atoms with Crippen LogP contribution in [0.3, 0.4) is 0 Å². The second-order valence-electron chi connectivity index (χ2n) is 6.77. The number of H-pyrrole nitrogens is 1. The minimum atomic E-state index is -4.65. The molecule has 0 saturated heterocycles. The van der Waals surface area contributed by atoms with E-state index < -0.39 is 29.3 Å². The zero-order valence-electron chi connectivity index (χ0n) is 14.7. The fourth-order valence-electron chi connectivity index (χ4n) is 3.25. The van der Waals surface area contributed by atoms with E-state index >= 15 is 0 Å². The lowest BCUT2D eigenvalue weighted by molar-refractivity contribution is -0.175. The quantitative estimate of drug-likeness (QED) is 0.674. The molecule has 1 atom stereocenters. The summed E-state index contributed by atoms with van der Waals surface area (Å²) in [5.41, 5.74) is -0.200. The van der Waals surface area contributed by atoms with Crippen LogP contribution in [0, 0.1) is 12.8 Å². The van der Waals surface area contributed by atoms with E-state index in [-0.39, 0.29) is 36.2 Å². The molecule has 0 bridgehead atoms. The molecule has 2 aromatic heterocycles. The first kappa shape index (κ1) is 20.2. The van der Waals surface area contributed by atoms with Gasteiger partial charge in [0.05, 0.1) is 22.9 Å². The molecule has 1 unspecified atom stereocenters. The monoisotopic (exact) mass is 402 g/mol. The van der Waals surface area contributed by atoms with E-state index in [9.17, 15) is 31.1 Å². The molecule has 0 fully saturated rings. The van der Waals surface area contributed by atoms with Crippen LogP contribution in [0.1, 0.15) is 36.2 Å². The zero-order valence-corrected chi connectivity index (χ0v) is 14.7. The third-order valence-corrected chi connectivity index (χ3v) is 4.66. The molecule has 1 N–H and O–H groups in total. The Morgan fingerprint density at radius 2 is 1.82 bits per heavy atom. The number of allylic oxidation sites excluding steroid dienone is 2. The van der Waals surface area contributed by atoms with Gasteiger partial charge in [-0.2, -0.15) is 26.3 Å². The highest BCUT2D eigenvalue weighted by molar-refractivity contribution is 5.78. The maximum atomic E-state index is 13.1. The zero-order chi connectivity index (χ0) is 20.7. The van der Waals surface area contributed by atoms with E-state index in [4.69, 9.17) is 0 Å². The summed E-state index contributed by atoms with van der Waals surface area (Å²) >= 11 is 0. The largest absolute Gasteiger partial charge is 0.417 e. The Kier molecular flexibility index (Phi) is 5.12. The molecule has 2 aromatic rings. The number of aromatic amines is 1. The van der Waals surface area contributed by atoms with Crippen LogP contribution in [0.25, 0.3) is 16.8 Å². The van der Waals surface area contributed by atoms with E-state index in [1.54, 1.807) is 6.92 Å². The summed E-state index contributed by atoms with van der Waals surface area (Å²) < 4.78 is 78.1. The van der Waals surface area contributed by atoms with Crippen molar-refractivity contribution in [3.8, 4) is 11.3 Å². The Labute approximate surface area is 156 Å². The van der Waals surface area contributed by atoms with E-state index in [1.807, 2.05) is 0 Å². The number of hydrogen-bond donors (Lipinski definition) is 1. The Morgan fingerprint density at radius 1 is 1.11 bits per heavy atom. The summed E-state index contributed by atoms with van der Waals surface area (Å²) in [5.74, 6) is -1.48. The van der Waals surface area contributed by atoms with Gasteiger partial charge in [-0.15, -0.1) is 0 Å². The molecule has 2 heterocycles. The van der Waals surface area contributed by atoms with Crippen molar-refractivity contribution >= 4 is 5.57 Å². The normalized spacial score (nSPS) is 18.1. The van der Waals surface area contributed by atoms with Crippen molar-refractivity contribution < 1.29 is 26.3 Å². The number of alkyl halides is 6. The summed E-state index contributed by atoms with van der Waals surface area (Å²) in [6.45, 7) is 1.58. The van der Waals surface area contributed by atoms with Crippen molar-refractivity contribution in [2.24, 2.45) is 5.92 Å². The van der Waals surface area contributed by atoms with Crippen molar-refractivity contribution in [2.45, 2.75) is 38.5 Å². The number of nitrogens with one attached hydrogen (secondary N) is 1. The fraction of sp³-hybridized carbons (Fsp3) is 0.368. The van der Waals surface area contributed by atoms with Gasteiger partial charge in [-0.3, -0.25) is 9.78 Å². The SMILES string of the molecule is Cc1cc(=O)cc(-c2cc(C(F)(F)F)cnc2C2=CCC(C(F)(F)F)CC2)[nH]1. The predicted octanol–water partition coefficient (Wildman–Crippen LogP) is 5.51. The first-order chi connectivity index (χ1) is 12.9. The number of nitrogens with zero attached hydrogens (tertiary/aromatic N) is 1. The van der Waals surface area contributed by atoms with Crippen LogP contribution < -0.4 is 5.43 Å². The summed E-state index contributed by atoms with van der Waals surface area (Å²) in [6, 6.07) is 3.30. The van der Waals surface area contributed by atoms with Crippen molar-refractivity contribution in [2.75, 3.05) is 0 Å². The molecule has 0 aromatic carbocycles. The Balaban J connectivity index is 2.11. The molecule has 1 aliphatic carbocycles. The second-order valence-corrected chi connectivity index (χ2v) is 6.77. The number of rotatable bonds is 2. The van der Waals surface area contributed by atoms with Gasteiger partial charge in [-0.25, -0.2) is 0 Å². The highest BCUT2D eigenvalue weighted by Crippen LogP contribution is 2.41. The lowest BCUT2D eigenvalue weighted by Crippen LogP contribution is -2.24. The summed E-state index contributed by atoms with van der Waals surface area (Å²) in [4.78, 5) is 18.5. The minimum absolute atomic E-state index is 0.0333. The van der Waals surface area contributed by atoms with E-state index in [0.29, 0.717) is 17.5 Å². The van der Waals surface area contributed by atoms with Gasteiger partial charge in [0, 0.05) is 29.6 Å². The van der Waals surface area contributed by atoms with Crippen LogP contribution in [-0.2, 0) is 6.18 Å². The first-order valence-electron chi connectivity index (χ1n) is 8.50. The van der Waals surface area contributed by atoms with Gasteiger partial charge in [0.2, 0.25) is 0 Å². The molecule has 3 nitrogen and oxygen atoms in total. The van der Waals surface area contributed by atoms with Crippen molar-refractivity contribution in [1.82, 2.24) is 9.97 Å². The number of aromatic nitrogens is 2. The molecule has 0 amide bonds. The van der Waals surface area contributed by atoms with Crippen LogP contribution >= 0.6 is 0 Å². The van der Waals surface area contributed by atoms with E-state index in [2.05, 4.69) is 9.97 Å². The molecule has 0 aliphatic heterocycles. The van der Waals surface area contributed by atoms with Crippen LogP contribution in [0.15, 0.2) is 35.3 Å². The molecule has 3 rings (SSSR count). The van der Waals surface area contributed by atoms with E-state index in [1.165, 1.54) is 12.1 Å². The van der Waals surface area contributed by atoms with Gasteiger partial charge in [-0.1, -0.05) is 6.08 Å². The van der Waals surface area contributed by atoms with Gasteiger partial charge in [-0.05, 0) is 37.8 Å². The molecule has 28 heavy (non-hydrogen) atoms. The molecule has 9 heteroatoms. The highest BCUT2D eigenvalue weighted by atomic mass is 19.4. The van der Waals surface area contributed by atoms with Crippen molar-refractivity contribution in [1.29, 1.82) is 0 Å². The lowest BCUT2D eigenvalue weighted by atomic mass is 9.86. The average molecular weight is 402 g/mol. The topological polar surface area (TPSA) is 45.8 Å². The Morgan fingerprint density at radius 3 is 2.36 bits per heavy atom. The smallest absolute Gasteiger partial charge is 0.358 e. The van der Waals surface area contributed by atoms with Crippen molar-refractivity contribution in [3.63, 3.8) is 0 Å². The summed E-state index contributed by atoms with van der Waals surface area (Å²) in [6.07, 6.45) is -7.33. The van der Waals surface area contributed by atoms with Gasteiger partial charge >= 0.3 is 12.4 Å². The van der Waals surface area contributed by atoms with Crippen LogP contribution in [0.4, 0.5) is 26.3 Å². The standard InChI is InChI=1S/C19H16F6N2O/c1-10-6-14(28)8-16(27-10)15-7-13(19(23,24)25)9-26-17(15)11-2-4-12(5-3-11)18(20,21)22/h2,6-9,12H,3-5H2,1H3,(H,27,28). The molecular formula is C19H16F6N2O. The van der Waals surface area contributed by atoms with Gasteiger partial charge in [0.1, 0.15) is 0 Å². The van der Waals surface area contributed by atoms with Crippen LogP contribution in [0.2, 0.25) is 0 Å². The molecule has 150 valence electrons. The van der Waals surface area contributed by atoms with Gasteiger partial charge in [0.25, 0.3) is 0 Å². The van der Waals surface area contributed by atoms with Crippen LogP contribution in [0.5, 0.6) is 0 Å². The third-order valence-electron chi connectivity index (χ3n) is 4.66. The van der Waals surface area contributed by atoms with Gasteiger partial charge in [0.15, 0.2) is 5.43 Å². The first-order valence-corrected chi connectivity index (χ1v) is 8.50. The molecule has 0 saturated carbocycles. The van der Waals surface area contributed by atoms with Gasteiger partial charge < -0.3 is 4.98 Å². The molecular weight excluding hydrogens is 386 g/mol. The Hall–Kier alpha value is -2.58. The summed E-state index contributed by atoms with van der Waals surface area (Å²) in [7, 11) is 0. The van der Waals surface area contributed by atoms with E-state index in [0.717, 1.165) is 12.1 Å².